The zero-order valence-electron chi connectivity index (χ0n) is 19.9. The number of benzene rings is 2. The van der Waals surface area contributed by atoms with Crippen LogP contribution in [-0.4, -0.2) is 48.4 Å². The average Bonchev–Trinajstić information content (AvgIpc) is 2.85. The molecule has 7 heteroatoms. The Hall–Kier alpha value is -3.61. The molecule has 1 fully saturated rings. The molecule has 0 aromatic heterocycles. The standard InChI is InChI=1S/C26H30O7/c1-28-20-14-24(32-5)22(30-3)12-18(20)10-16-8-7-9-17(26(16)27)11-19-13-23(31-4)25(33-6)15-21(19)29-2/h10-15H,7-9H2,1-6H3/b16-10-,17-11+. The van der Waals surface area contributed by atoms with Gasteiger partial charge in [-0.15, -0.1) is 0 Å². The van der Waals surface area contributed by atoms with E-state index in [4.69, 9.17) is 28.4 Å². The Morgan fingerprint density at radius 3 is 1.21 bits per heavy atom. The minimum atomic E-state index is -0.00470. The molecule has 0 radical (unpaired) electrons. The number of allylic oxidation sites excluding steroid dienone is 2. The van der Waals surface area contributed by atoms with Gasteiger partial charge in [0.25, 0.3) is 0 Å². The third-order valence-electron chi connectivity index (χ3n) is 5.61. The molecule has 0 saturated heterocycles. The first-order valence-corrected chi connectivity index (χ1v) is 10.5. The zero-order valence-corrected chi connectivity index (χ0v) is 19.9. The van der Waals surface area contributed by atoms with Crippen LogP contribution in [0.15, 0.2) is 35.4 Å². The van der Waals surface area contributed by atoms with Crippen LogP contribution in [0.25, 0.3) is 12.2 Å². The summed E-state index contributed by atoms with van der Waals surface area (Å²) in [6.07, 6.45) is 5.94. The first-order valence-electron chi connectivity index (χ1n) is 10.5. The predicted octanol–water partition coefficient (Wildman–Crippen LogP) is 4.96. The maximum atomic E-state index is 13.4. The maximum Gasteiger partial charge on any atom is 0.185 e. The van der Waals surface area contributed by atoms with E-state index >= 15 is 0 Å². The number of ketones is 1. The van der Waals surface area contributed by atoms with Crippen molar-refractivity contribution in [1.82, 2.24) is 0 Å². The lowest BCUT2D eigenvalue weighted by Gasteiger charge is -2.19. The van der Waals surface area contributed by atoms with Gasteiger partial charge >= 0.3 is 0 Å². The summed E-state index contributed by atoms with van der Waals surface area (Å²) in [4.78, 5) is 13.4. The van der Waals surface area contributed by atoms with Gasteiger partial charge in [-0.3, -0.25) is 4.79 Å². The van der Waals surface area contributed by atoms with E-state index in [0.29, 0.717) is 58.5 Å². The van der Waals surface area contributed by atoms with Crippen LogP contribution in [0.3, 0.4) is 0 Å². The average molecular weight is 455 g/mol. The van der Waals surface area contributed by atoms with E-state index in [0.717, 1.165) is 17.5 Å². The Morgan fingerprint density at radius 1 is 0.545 bits per heavy atom. The third-order valence-corrected chi connectivity index (χ3v) is 5.61. The highest BCUT2D eigenvalue weighted by Gasteiger charge is 2.23. The van der Waals surface area contributed by atoms with Crippen LogP contribution in [0.1, 0.15) is 30.4 Å². The zero-order chi connectivity index (χ0) is 24.0. The second kappa shape index (κ2) is 10.8. The minimum absolute atomic E-state index is 0.00470. The highest BCUT2D eigenvalue weighted by atomic mass is 16.5. The molecule has 3 rings (SSSR count). The molecule has 0 amide bonds. The van der Waals surface area contributed by atoms with Crippen molar-refractivity contribution in [2.75, 3.05) is 42.7 Å². The fourth-order valence-corrected chi connectivity index (χ4v) is 3.88. The molecule has 0 N–H and O–H groups in total. The molecular weight excluding hydrogens is 424 g/mol. The van der Waals surface area contributed by atoms with Crippen molar-refractivity contribution in [2.24, 2.45) is 0 Å². The Morgan fingerprint density at radius 2 is 0.879 bits per heavy atom. The second-order valence-corrected chi connectivity index (χ2v) is 7.42. The molecule has 1 saturated carbocycles. The lowest BCUT2D eigenvalue weighted by molar-refractivity contribution is -0.112. The third kappa shape index (κ3) is 5.08. The van der Waals surface area contributed by atoms with Crippen molar-refractivity contribution >= 4 is 17.9 Å². The summed E-state index contributed by atoms with van der Waals surface area (Å²) < 4.78 is 32.6. The molecule has 1 aliphatic carbocycles. The highest BCUT2D eigenvalue weighted by Crippen LogP contribution is 2.39. The van der Waals surface area contributed by atoms with Crippen molar-refractivity contribution < 1.29 is 33.2 Å². The number of carbonyl (C=O) groups excluding carboxylic acids is 1. The summed E-state index contributed by atoms with van der Waals surface area (Å²) in [5.41, 5.74) is 2.92. The van der Waals surface area contributed by atoms with E-state index < -0.39 is 0 Å². The van der Waals surface area contributed by atoms with Crippen molar-refractivity contribution in [3.8, 4) is 34.5 Å². The minimum Gasteiger partial charge on any atom is -0.496 e. The van der Waals surface area contributed by atoms with Crippen LogP contribution in [0, 0.1) is 0 Å². The van der Waals surface area contributed by atoms with E-state index in [2.05, 4.69) is 0 Å². The molecule has 2 aromatic carbocycles. The molecule has 0 unspecified atom stereocenters. The SMILES string of the molecule is COc1cc(OC)c(OC)cc1/C=C1/CCC/C(=C\c2cc(OC)c(OC)cc2OC)C1=O. The van der Waals surface area contributed by atoms with Gasteiger partial charge in [0.15, 0.2) is 28.8 Å². The van der Waals surface area contributed by atoms with Gasteiger partial charge in [0, 0.05) is 34.4 Å². The molecule has 7 nitrogen and oxygen atoms in total. The molecule has 2 aromatic rings. The summed E-state index contributed by atoms with van der Waals surface area (Å²) in [5.74, 6) is 3.46. The monoisotopic (exact) mass is 454 g/mol. The summed E-state index contributed by atoms with van der Waals surface area (Å²) in [5, 5.41) is 0. The van der Waals surface area contributed by atoms with E-state index in [1.54, 1.807) is 54.8 Å². The van der Waals surface area contributed by atoms with Gasteiger partial charge in [-0.1, -0.05) is 0 Å². The number of rotatable bonds is 8. The van der Waals surface area contributed by atoms with Crippen LogP contribution in [0.4, 0.5) is 0 Å². The van der Waals surface area contributed by atoms with E-state index in [1.807, 2.05) is 24.3 Å². The fourth-order valence-electron chi connectivity index (χ4n) is 3.88. The molecule has 1 aliphatic rings. The quantitative estimate of drug-likeness (QED) is 0.522. The molecular formula is C26H30O7. The summed E-state index contributed by atoms with van der Waals surface area (Å²) >= 11 is 0. The molecule has 0 bridgehead atoms. The Bertz CT molecular complexity index is 999. The van der Waals surface area contributed by atoms with Gasteiger partial charge in [0.2, 0.25) is 0 Å². The van der Waals surface area contributed by atoms with Gasteiger partial charge in [-0.25, -0.2) is 0 Å². The molecule has 0 aliphatic heterocycles. The summed E-state index contributed by atoms with van der Waals surface area (Å²) in [6, 6.07) is 7.13. The second-order valence-electron chi connectivity index (χ2n) is 7.42. The van der Waals surface area contributed by atoms with Crippen molar-refractivity contribution in [2.45, 2.75) is 19.3 Å². The first kappa shape index (κ1) is 24.0. The number of hydrogen-bond acceptors (Lipinski definition) is 7. The maximum absolute atomic E-state index is 13.4. The normalized spacial score (nSPS) is 16.0. The van der Waals surface area contributed by atoms with Gasteiger partial charge in [-0.05, 0) is 43.5 Å². The van der Waals surface area contributed by atoms with Crippen molar-refractivity contribution in [1.29, 1.82) is 0 Å². The number of methoxy groups -OCH3 is 6. The largest absolute Gasteiger partial charge is 0.496 e. The number of ether oxygens (including phenoxy) is 6. The van der Waals surface area contributed by atoms with Gasteiger partial charge in [0.05, 0.1) is 42.7 Å². The molecule has 176 valence electrons. The van der Waals surface area contributed by atoms with Gasteiger partial charge in [-0.2, -0.15) is 0 Å². The molecule has 0 heterocycles. The van der Waals surface area contributed by atoms with Crippen LogP contribution < -0.4 is 28.4 Å². The number of hydrogen-bond donors (Lipinski definition) is 0. The van der Waals surface area contributed by atoms with E-state index in [9.17, 15) is 4.79 Å². The van der Waals surface area contributed by atoms with Crippen molar-refractivity contribution in [3.63, 3.8) is 0 Å². The Labute approximate surface area is 194 Å². The van der Waals surface area contributed by atoms with Crippen LogP contribution in [0.5, 0.6) is 34.5 Å². The summed E-state index contributed by atoms with van der Waals surface area (Å²) in [7, 11) is 9.45. The predicted molar refractivity (Wildman–Crippen MR) is 127 cm³/mol. The molecule has 0 spiro atoms. The number of carbonyl (C=O) groups is 1. The smallest absolute Gasteiger partial charge is 0.185 e. The topological polar surface area (TPSA) is 72.5 Å². The van der Waals surface area contributed by atoms with Crippen molar-refractivity contribution in [3.05, 3.63) is 46.5 Å². The van der Waals surface area contributed by atoms with E-state index in [-0.39, 0.29) is 5.78 Å². The lowest BCUT2D eigenvalue weighted by atomic mass is 9.86. The first-order chi connectivity index (χ1) is 16.0. The molecule has 0 atom stereocenters. The highest BCUT2D eigenvalue weighted by molar-refractivity contribution is 6.14. The van der Waals surface area contributed by atoms with Gasteiger partial charge in [0.1, 0.15) is 11.5 Å². The number of Topliss-reactive ketones (excluding diaryl/α,β-unsaturated/α-hetero) is 1. The fraction of sp³-hybridized carbons (Fsp3) is 0.346. The lowest BCUT2D eigenvalue weighted by Crippen LogP contribution is -2.12. The van der Waals surface area contributed by atoms with E-state index in [1.165, 1.54) is 0 Å². The Balaban J connectivity index is 2.02. The van der Waals surface area contributed by atoms with Crippen LogP contribution >= 0.6 is 0 Å². The summed E-state index contributed by atoms with van der Waals surface area (Å²) in [6.45, 7) is 0. The van der Waals surface area contributed by atoms with Crippen LogP contribution in [0.2, 0.25) is 0 Å². The molecule has 33 heavy (non-hydrogen) atoms. The Kier molecular flexibility index (Phi) is 7.87. The van der Waals surface area contributed by atoms with Crippen LogP contribution in [-0.2, 0) is 4.79 Å². The van der Waals surface area contributed by atoms with Gasteiger partial charge < -0.3 is 28.4 Å².